The first kappa shape index (κ1) is 15.2. The van der Waals surface area contributed by atoms with Crippen molar-refractivity contribution in [3.05, 3.63) is 28.0 Å². The lowest BCUT2D eigenvalue weighted by Gasteiger charge is -1.96. The normalized spacial score (nSPS) is 12.4. The first-order chi connectivity index (χ1) is 8.95. The van der Waals surface area contributed by atoms with E-state index in [1.54, 1.807) is 10.9 Å². The summed E-state index contributed by atoms with van der Waals surface area (Å²) >= 11 is 10.9. The largest absolute Gasteiger partial charge is 0.477 e. The Morgan fingerprint density at radius 2 is 2.26 bits per heavy atom. The maximum Gasteiger partial charge on any atom is 0.348 e. The molecule has 7 nitrogen and oxygen atoms in total. The van der Waals surface area contributed by atoms with E-state index in [0.717, 1.165) is 6.21 Å². The van der Waals surface area contributed by atoms with E-state index in [1.807, 2.05) is 6.92 Å². The van der Waals surface area contributed by atoms with Gasteiger partial charge in [-0.25, -0.2) is 10.2 Å². The molecule has 0 radical (unpaired) electrons. The number of amides is 1. The number of nitrogens with one attached hydrogen (secondary N) is 1. The van der Waals surface area contributed by atoms with Gasteiger partial charge in [-0.3, -0.25) is 9.48 Å². The topological polar surface area (TPSA) is 96.6 Å². The summed E-state index contributed by atoms with van der Waals surface area (Å²) in [6.45, 7) is 2.52. The molecule has 2 N–H and O–H groups in total. The van der Waals surface area contributed by atoms with Crippen LogP contribution < -0.4 is 5.43 Å². The van der Waals surface area contributed by atoms with Gasteiger partial charge in [-0.1, -0.05) is 23.2 Å². The molecule has 1 aromatic rings. The quantitative estimate of drug-likeness (QED) is 0.488. The molecule has 0 saturated carbocycles. The van der Waals surface area contributed by atoms with Crippen LogP contribution in [0.4, 0.5) is 0 Å². The van der Waals surface area contributed by atoms with Gasteiger partial charge < -0.3 is 5.11 Å². The summed E-state index contributed by atoms with van der Waals surface area (Å²) in [5, 5.41) is 15.1. The van der Waals surface area contributed by atoms with Crippen molar-refractivity contribution in [2.75, 3.05) is 0 Å². The van der Waals surface area contributed by atoms with Gasteiger partial charge in [0.2, 0.25) is 0 Å². The first-order valence-corrected chi connectivity index (χ1v) is 5.85. The Labute approximate surface area is 118 Å². The third kappa shape index (κ3) is 4.38. The summed E-state index contributed by atoms with van der Waals surface area (Å²) in [4.78, 5) is 22.0. The van der Waals surface area contributed by atoms with Crippen LogP contribution in [-0.2, 0) is 11.3 Å². The summed E-state index contributed by atoms with van der Waals surface area (Å²) in [6, 6.07) is 0. The Morgan fingerprint density at radius 1 is 1.58 bits per heavy atom. The lowest BCUT2D eigenvalue weighted by Crippen LogP contribution is -2.17. The van der Waals surface area contributed by atoms with Crippen molar-refractivity contribution >= 4 is 41.3 Å². The molecule has 1 rings (SSSR count). The molecule has 102 valence electrons. The van der Waals surface area contributed by atoms with Gasteiger partial charge in [0.15, 0.2) is 0 Å². The number of nitrogens with zero attached hydrogens (tertiary/aromatic N) is 3. The molecule has 0 aliphatic heterocycles. The standard InChI is InChI=1S/C10H10Cl2N4O3/c1-2-16-5-6(3-14-16)9(17)15-13-4-7(11)8(12)10(18)19/h3-5H,2H2,1H3,(H,15,17)(H,18,19)/b8-7+,13-4-. The number of carboxylic acids is 1. The number of hydrogen-bond acceptors (Lipinski definition) is 4. The molecular formula is C10H10Cl2N4O3. The van der Waals surface area contributed by atoms with Crippen molar-refractivity contribution in [2.24, 2.45) is 5.10 Å². The minimum absolute atomic E-state index is 0.293. The van der Waals surface area contributed by atoms with Crippen molar-refractivity contribution in [1.29, 1.82) is 0 Å². The number of hydrogen-bond donors (Lipinski definition) is 2. The average Bonchev–Trinajstić information content (AvgIpc) is 2.86. The van der Waals surface area contributed by atoms with Crippen molar-refractivity contribution in [3.8, 4) is 0 Å². The summed E-state index contributed by atoms with van der Waals surface area (Å²) in [5.41, 5.74) is 2.49. The van der Waals surface area contributed by atoms with Crippen molar-refractivity contribution in [3.63, 3.8) is 0 Å². The van der Waals surface area contributed by atoms with Crippen LogP contribution in [0.2, 0.25) is 0 Å². The highest BCUT2D eigenvalue weighted by Crippen LogP contribution is 2.11. The number of halogens is 2. The number of aromatic nitrogens is 2. The lowest BCUT2D eigenvalue weighted by molar-refractivity contribution is -0.131. The summed E-state index contributed by atoms with van der Waals surface area (Å²) in [6.07, 6.45) is 3.86. The number of rotatable bonds is 5. The monoisotopic (exact) mass is 304 g/mol. The van der Waals surface area contributed by atoms with Crippen molar-refractivity contribution in [1.82, 2.24) is 15.2 Å². The molecule has 0 aromatic carbocycles. The third-order valence-electron chi connectivity index (χ3n) is 1.96. The van der Waals surface area contributed by atoms with E-state index >= 15 is 0 Å². The van der Waals surface area contributed by atoms with E-state index in [0.29, 0.717) is 12.1 Å². The third-order valence-corrected chi connectivity index (χ3v) is 2.71. The maximum atomic E-state index is 11.6. The molecule has 1 amide bonds. The van der Waals surface area contributed by atoms with Crippen molar-refractivity contribution in [2.45, 2.75) is 13.5 Å². The fourth-order valence-electron chi connectivity index (χ4n) is 1.02. The molecule has 0 aliphatic carbocycles. The number of allylic oxidation sites excluding steroid dienone is 1. The molecular weight excluding hydrogens is 295 g/mol. The molecule has 0 saturated heterocycles. The Kier molecular flexibility index (Phi) is 5.53. The predicted molar refractivity (Wildman–Crippen MR) is 70.2 cm³/mol. The van der Waals surface area contributed by atoms with Gasteiger partial charge >= 0.3 is 5.97 Å². The van der Waals surface area contributed by atoms with Crippen LogP contribution in [-0.4, -0.2) is 33.0 Å². The van der Waals surface area contributed by atoms with Crippen molar-refractivity contribution < 1.29 is 14.7 Å². The number of carboxylic acid groups (broad SMARTS) is 1. The van der Waals surface area contributed by atoms with Gasteiger partial charge in [-0.2, -0.15) is 10.2 Å². The second kappa shape index (κ2) is 6.91. The fourth-order valence-corrected chi connectivity index (χ4v) is 1.20. The smallest absolute Gasteiger partial charge is 0.348 e. The van der Waals surface area contributed by atoms with Crippen LogP contribution in [0, 0.1) is 0 Å². The Morgan fingerprint density at radius 3 is 2.79 bits per heavy atom. The van der Waals surface area contributed by atoms with E-state index in [1.165, 1.54) is 6.20 Å². The van der Waals surface area contributed by atoms with E-state index in [4.69, 9.17) is 28.3 Å². The van der Waals surface area contributed by atoms with Crippen LogP contribution >= 0.6 is 23.2 Å². The second-order valence-electron chi connectivity index (χ2n) is 3.25. The first-order valence-electron chi connectivity index (χ1n) is 5.10. The molecule has 1 heterocycles. The molecule has 1 aromatic heterocycles. The van der Waals surface area contributed by atoms with Gasteiger partial charge in [0.1, 0.15) is 5.03 Å². The zero-order valence-corrected chi connectivity index (χ0v) is 11.3. The number of hydrazone groups is 1. The number of carbonyl (C=O) groups is 2. The predicted octanol–water partition coefficient (Wildman–Crippen LogP) is 1.39. The van der Waals surface area contributed by atoms with Gasteiger partial charge in [0.05, 0.1) is 23.0 Å². The number of aliphatic carboxylic acids is 1. The Balaban J connectivity index is 2.64. The minimum atomic E-state index is -1.38. The van der Waals surface area contributed by atoms with Gasteiger partial charge in [0.25, 0.3) is 5.91 Å². The highest BCUT2D eigenvalue weighted by molar-refractivity contribution is 6.51. The highest BCUT2D eigenvalue weighted by atomic mass is 35.5. The average molecular weight is 305 g/mol. The molecule has 0 atom stereocenters. The molecule has 0 bridgehead atoms. The zero-order valence-electron chi connectivity index (χ0n) is 9.80. The summed E-state index contributed by atoms with van der Waals surface area (Å²) in [7, 11) is 0. The second-order valence-corrected chi connectivity index (χ2v) is 4.04. The van der Waals surface area contributed by atoms with Gasteiger partial charge in [0, 0.05) is 12.7 Å². The van der Waals surface area contributed by atoms with Crippen LogP contribution in [0.1, 0.15) is 17.3 Å². The van der Waals surface area contributed by atoms with Crippen LogP contribution in [0.15, 0.2) is 27.6 Å². The Hall–Kier alpha value is -1.86. The highest BCUT2D eigenvalue weighted by Gasteiger charge is 2.09. The van der Waals surface area contributed by atoms with Gasteiger partial charge in [-0.15, -0.1) is 0 Å². The molecule has 0 unspecified atom stereocenters. The van der Waals surface area contributed by atoms with Crippen LogP contribution in [0.3, 0.4) is 0 Å². The van der Waals surface area contributed by atoms with Gasteiger partial charge in [-0.05, 0) is 6.92 Å². The van der Waals surface area contributed by atoms with E-state index in [9.17, 15) is 9.59 Å². The Bertz CT molecular complexity index is 551. The number of aryl methyl sites for hydroxylation is 1. The molecule has 0 spiro atoms. The molecule has 19 heavy (non-hydrogen) atoms. The zero-order chi connectivity index (χ0) is 14.4. The van der Waals surface area contributed by atoms with E-state index in [2.05, 4.69) is 15.6 Å². The van der Waals surface area contributed by atoms with E-state index < -0.39 is 16.9 Å². The van der Waals surface area contributed by atoms with Crippen LogP contribution in [0.5, 0.6) is 0 Å². The lowest BCUT2D eigenvalue weighted by atomic mass is 10.3. The molecule has 9 heteroatoms. The van der Waals surface area contributed by atoms with E-state index in [-0.39, 0.29) is 5.03 Å². The summed E-state index contributed by atoms with van der Waals surface area (Å²) in [5.74, 6) is -1.87. The fraction of sp³-hybridized carbons (Fsp3) is 0.200. The molecule has 0 fully saturated rings. The summed E-state index contributed by atoms with van der Waals surface area (Å²) < 4.78 is 1.58. The SMILES string of the molecule is CCn1cc(C(=O)N/N=C\C(Cl)=C(/Cl)C(=O)O)cn1. The van der Waals surface area contributed by atoms with Crippen LogP contribution in [0.25, 0.3) is 0 Å². The minimum Gasteiger partial charge on any atom is -0.477 e. The number of carbonyl (C=O) groups excluding carboxylic acids is 1. The maximum absolute atomic E-state index is 11.6. The molecule has 0 aliphatic rings.